The summed E-state index contributed by atoms with van der Waals surface area (Å²) < 4.78 is 27.2. The monoisotopic (exact) mass is 595 g/mol. The van der Waals surface area contributed by atoms with E-state index in [1.54, 1.807) is 35.2 Å². The molecule has 0 aromatic heterocycles. The van der Waals surface area contributed by atoms with Gasteiger partial charge in [0.05, 0.1) is 18.2 Å². The zero-order valence-electron chi connectivity index (χ0n) is 21.7. The van der Waals surface area contributed by atoms with E-state index >= 15 is 0 Å². The predicted octanol–water partition coefficient (Wildman–Crippen LogP) is 4.08. The van der Waals surface area contributed by atoms with Crippen LogP contribution in [-0.2, 0) is 24.4 Å². The largest absolute Gasteiger partial charge is 0.373 e. The highest BCUT2D eigenvalue weighted by atomic mass is 35.5. The molecule has 2 aliphatic rings. The Morgan fingerprint density at radius 3 is 2.38 bits per heavy atom. The maximum Gasteiger partial charge on any atom is 0.373 e. The minimum absolute atomic E-state index is 0.207. The number of hydrogen-bond acceptors (Lipinski definition) is 6. The number of rotatable bonds is 7. The van der Waals surface area contributed by atoms with E-state index in [0.29, 0.717) is 46.1 Å². The van der Waals surface area contributed by atoms with Crippen LogP contribution in [-0.4, -0.2) is 56.2 Å². The van der Waals surface area contributed by atoms with Crippen molar-refractivity contribution in [3.63, 3.8) is 0 Å². The Morgan fingerprint density at radius 1 is 1.08 bits per heavy atom. The number of carbonyl (C=O) groups excluding carboxylic acids is 4. The van der Waals surface area contributed by atoms with Crippen LogP contribution in [0.2, 0.25) is 10.0 Å². The van der Waals surface area contributed by atoms with Crippen molar-refractivity contribution in [2.24, 2.45) is 0 Å². The van der Waals surface area contributed by atoms with E-state index < -0.39 is 34.1 Å². The summed E-state index contributed by atoms with van der Waals surface area (Å²) in [6.07, 6.45) is 5.02. The fourth-order valence-corrected chi connectivity index (χ4v) is 6.83. The van der Waals surface area contributed by atoms with Gasteiger partial charge in [0.2, 0.25) is 15.9 Å². The summed E-state index contributed by atoms with van der Waals surface area (Å²) in [5.41, 5.74) is 1.68. The van der Waals surface area contributed by atoms with Crippen molar-refractivity contribution in [2.75, 3.05) is 12.8 Å². The van der Waals surface area contributed by atoms with Crippen LogP contribution in [0, 0.1) is 0 Å². The van der Waals surface area contributed by atoms with Crippen LogP contribution in [0.15, 0.2) is 42.5 Å². The van der Waals surface area contributed by atoms with Gasteiger partial charge in [0.25, 0.3) is 5.91 Å². The van der Waals surface area contributed by atoms with Crippen molar-refractivity contribution in [3.05, 3.63) is 69.2 Å². The van der Waals surface area contributed by atoms with Gasteiger partial charge < -0.3 is 10.2 Å². The Hall–Kier alpha value is -2.75. The van der Waals surface area contributed by atoms with Crippen molar-refractivity contribution >= 4 is 51.2 Å². The number of amides is 2. The number of sulfonamides is 1. The van der Waals surface area contributed by atoms with Gasteiger partial charge in [-0.1, -0.05) is 67.2 Å². The number of carbonyl (C=O) groups is 2. The lowest BCUT2D eigenvalue weighted by atomic mass is 9.76. The molecule has 2 amide bonds. The van der Waals surface area contributed by atoms with E-state index in [1.165, 1.54) is 0 Å². The topological polar surface area (TPSA) is 130 Å². The Labute approximate surface area is 238 Å². The molecule has 4 rings (SSSR count). The number of nitrogens with zero attached hydrogens (tertiary/aromatic N) is 1. The first-order valence-electron chi connectivity index (χ1n) is 12.6. The third-order valence-corrected chi connectivity index (χ3v) is 8.23. The van der Waals surface area contributed by atoms with Gasteiger partial charge in [-0.05, 0) is 48.6 Å². The predicted molar refractivity (Wildman–Crippen MR) is 147 cm³/mol. The van der Waals surface area contributed by atoms with E-state index in [9.17, 15) is 18.0 Å². The van der Waals surface area contributed by atoms with Crippen LogP contribution >= 0.6 is 23.2 Å². The summed E-state index contributed by atoms with van der Waals surface area (Å²) >= 11 is 12.9. The van der Waals surface area contributed by atoms with E-state index in [0.717, 1.165) is 25.5 Å². The maximum absolute atomic E-state index is 14.1. The smallest absolute Gasteiger partial charge is 0.356 e. The Balaban J connectivity index is 0.00000134. The molecule has 0 saturated heterocycles. The van der Waals surface area contributed by atoms with Crippen molar-refractivity contribution in [1.82, 2.24) is 14.9 Å². The van der Waals surface area contributed by atoms with E-state index in [1.807, 2.05) is 19.1 Å². The van der Waals surface area contributed by atoms with Gasteiger partial charge in [-0.3, -0.25) is 9.59 Å². The maximum atomic E-state index is 14.1. The number of fused-ring (bicyclic) bond motifs is 1. The molecule has 1 fully saturated rings. The van der Waals surface area contributed by atoms with Crippen molar-refractivity contribution in [1.29, 1.82) is 0 Å². The van der Waals surface area contributed by atoms with Crippen molar-refractivity contribution in [3.8, 4) is 0 Å². The van der Waals surface area contributed by atoms with Crippen molar-refractivity contribution in [2.45, 2.75) is 63.1 Å². The zero-order valence-corrected chi connectivity index (χ0v) is 24.0. The number of hydrogen-bond donors (Lipinski definition) is 2. The molecule has 0 unspecified atom stereocenters. The summed E-state index contributed by atoms with van der Waals surface area (Å²) in [6.45, 7) is 2.47. The Bertz CT molecular complexity index is 1350. The molecule has 210 valence electrons. The highest BCUT2D eigenvalue weighted by molar-refractivity contribution is 7.88. The van der Waals surface area contributed by atoms with Gasteiger partial charge in [-0.15, -0.1) is 0 Å². The van der Waals surface area contributed by atoms with Crippen LogP contribution < -0.4 is 10.0 Å². The molecule has 0 bridgehead atoms. The second-order valence-corrected chi connectivity index (χ2v) is 12.2. The molecular weight excluding hydrogens is 565 g/mol. The first-order valence-corrected chi connectivity index (χ1v) is 15.3. The van der Waals surface area contributed by atoms with Crippen LogP contribution in [0.1, 0.15) is 72.5 Å². The summed E-state index contributed by atoms with van der Waals surface area (Å²) in [5.74, 6) is -1.18. The van der Waals surface area contributed by atoms with Crippen molar-refractivity contribution < 1.29 is 27.6 Å². The summed E-state index contributed by atoms with van der Waals surface area (Å²) in [6, 6.07) is 10.5. The molecule has 12 heteroatoms. The fraction of sp³-hybridized carbons (Fsp3) is 0.444. The van der Waals surface area contributed by atoms with Crippen LogP contribution in [0.4, 0.5) is 0 Å². The summed E-state index contributed by atoms with van der Waals surface area (Å²) in [7, 11) is -3.52. The van der Waals surface area contributed by atoms with E-state index in [2.05, 4.69) is 10.0 Å². The highest BCUT2D eigenvalue weighted by Crippen LogP contribution is 2.47. The molecule has 2 N–H and O–H groups in total. The van der Waals surface area contributed by atoms with Gasteiger partial charge in [-0.25, -0.2) is 13.1 Å². The Morgan fingerprint density at radius 2 is 1.74 bits per heavy atom. The minimum Gasteiger partial charge on any atom is -0.356 e. The van der Waals surface area contributed by atoms with Crippen LogP contribution in [0.25, 0.3) is 0 Å². The third-order valence-electron chi connectivity index (χ3n) is 6.94. The molecular formula is C27H31Cl2N3O6S. The molecule has 2 aromatic carbocycles. The lowest BCUT2D eigenvalue weighted by Gasteiger charge is -2.49. The van der Waals surface area contributed by atoms with Gasteiger partial charge in [-0.2, -0.15) is 9.59 Å². The van der Waals surface area contributed by atoms with Gasteiger partial charge in [0, 0.05) is 34.2 Å². The normalized spacial score (nSPS) is 22.7. The molecule has 39 heavy (non-hydrogen) atoms. The SMILES string of the molecule is CCCNC(=O)[C@@H]1c2ccccc2C(=O)N([C@H]2CCCC[C@@H]2NS(C)(=O)=O)[C@H]1c1ccc(Cl)cc1Cl.O=C=O. The average Bonchev–Trinajstić information content (AvgIpc) is 2.87. The summed E-state index contributed by atoms with van der Waals surface area (Å²) in [4.78, 5) is 45.8. The van der Waals surface area contributed by atoms with Gasteiger partial charge >= 0.3 is 6.15 Å². The molecule has 1 aliphatic heterocycles. The second kappa shape index (κ2) is 13.5. The average molecular weight is 597 g/mol. The molecule has 1 heterocycles. The third kappa shape index (κ3) is 7.26. The van der Waals surface area contributed by atoms with Gasteiger partial charge in [0.15, 0.2) is 0 Å². The second-order valence-electron chi connectivity index (χ2n) is 9.61. The number of nitrogens with one attached hydrogen (secondary N) is 2. The quantitative estimate of drug-likeness (QED) is 0.496. The fourth-order valence-electron chi connectivity index (χ4n) is 5.49. The molecule has 9 nitrogen and oxygen atoms in total. The highest BCUT2D eigenvalue weighted by Gasteiger charge is 2.49. The van der Waals surface area contributed by atoms with E-state index in [4.69, 9.17) is 32.8 Å². The van der Waals surface area contributed by atoms with E-state index in [-0.39, 0.29) is 18.0 Å². The molecule has 4 atom stereocenters. The van der Waals surface area contributed by atoms with Gasteiger partial charge in [0.1, 0.15) is 0 Å². The molecule has 2 aromatic rings. The summed E-state index contributed by atoms with van der Waals surface area (Å²) in [5, 5.41) is 3.80. The first-order chi connectivity index (χ1) is 18.5. The number of halogens is 2. The molecule has 1 saturated carbocycles. The number of benzene rings is 2. The minimum atomic E-state index is -3.52. The standard InChI is InChI=1S/C26H31Cl2N3O4S.CO2/c1-3-14-29-25(32)23-17-8-4-5-9-18(17)26(33)31(24(23)19-13-12-16(27)15-20(19)28)22-11-7-6-10-21(22)30-36(2,34)35;2-1-3/h4-5,8-9,12-13,15,21-24,30H,3,6-7,10-11,14H2,1-2H3,(H,29,32);/t21-,22-,23+,24-;/m0./s1. The zero-order chi connectivity index (χ0) is 28.7. The first kappa shape index (κ1) is 30.8. The Kier molecular flexibility index (Phi) is 10.7. The lowest BCUT2D eigenvalue weighted by molar-refractivity contribution is -0.191. The lowest BCUT2D eigenvalue weighted by Crippen LogP contribution is -2.59. The van der Waals surface area contributed by atoms with Crippen LogP contribution in [0.5, 0.6) is 0 Å². The van der Waals surface area contributed by atoms with Crippen LogP contribution in [0.3, 0.4) is 0 Å². The molecule has 0 radical (unpaired) electrons. The molecule has 0 spiro atoms. The molecule has 1 aliphatic carbocycles.